The van der Waals surface area contributed by atoms with Gasteiger partial charge in [-0.3, -0.25) is 9.59 Å². The van der Waals surface area contributed by atoms with Crippen LogP contribution in [0.5, 0.6) is 0 Å². The molecule has 2 aromatic carbocycles. The van der Waals surface area contributed by atoms with E-state index in [0.717, 1.165) is 50.3 Å². The summed E-state index contributed by atoms with van der Waals surface area (Å²) in [5, 5.41) is 5.94. The van der Waals surface area contributed by atoms with Gasteiger partial charge in [0.05, 0.1) is 5.41 Å². The van der Waals surface area contributed by atoms with Crippen LogP contribution < -0.4 is 20.4 Å². The lowest BCUT2D eigenvalue weighted by atomic mass is 9.77. The molecule has 0 atom stereocenters. The van der Waals surface area contributed by atoms with Crippen LogP contribution in [-0.4, -0.2) is 46.4 Å². The number of hydrogen-bond acceptors (Lipinski definition) is 7. The predicted molar refractivity (Wildman–Crippen MR) is 131 cm³/mol. The molecule has 0 radical (unpaired) electrons. The lowest BCUT2D eigenvalue weighted by Crippen LogP contribution is -2.45. The Kier molecular flexibility index (Phi) is 5.83. The molecular formula is C25H27N7O2. The number of carbonyl (C=O) groups is 2. The van der Waals surface area contributed by atoms with Gasteiger partial charge in [-0.2, -0.15) is 4.98 Å². The molecule has 2 amide bonds. The lowest BCUT2D eigenvalue weighted by Gasteiger charge is -2.37. The van der Waals surface area contributed by atoms with Crippen LogP contribution in [0.15, 0.2) is 60.9 Å². The smallest absolute Gasteiger partial charge is 0.233 e. The average Bonchev–Trinajstić information content (AvgIpc) is 3.15. The summed E-state index contributed by atoms with van der Waals surface area (Å²) in [6.45, 7) is 3.67. The lowest BCUT2D eigenvalue weighted by molar-refractivity contribution is -0.126. The highest BCUT2D eigenvalue weighted by atomic mass is 16.2. The Bertz CT molecular complexity index is 1190. The molecule has 2 saturated heterocycles. The molecule has 174 valence electrons. The second kappa shape index (κ2) is 9.09. The quantitative estimate of drug-likeness (QED) is 0.603. The van der Waals surface area contributed by atoms with Gasteiger partial charge in [-0.15, -0.1) is 0 Å². The molecule has 0 saturated carbocycles. The topological polar surface area (TPSA) is 103 Å². The van der Waals surface area contributed by atoms with Gasteiger partial charge in [-0.1, -0.05) is 24.3 Å². The number of aromatic nitrogens is 3. The van der Waals surface area contributed by atoms with Crippen molar-refractivity contribution in [3.05, 3.63) is 60.9 Å². The predicted octanol–water partition coefficient (Wildman–Crippen LogP) is 3.60. The van der Waals surface area contributed by atoms with Gasteiger partial charge in [-0.25, -0.2) is 9.97 Å². The number of nitrogens with one attached hydrogen (secondary N) is 2. The Hall–Kier alpha value is -4.01. The van der Waals surface area contributed by atoms with E-state index in [2.05, 4.69) is 30.5 Å². The van der Waals surface area contributed by atoms with Crippen LogP contribution in [0.3, 0.4) is 0 Å². The molecule has 9 heteroatoms. The molecule has 1 aromatic heterocycles. The van der Waals surface area contributed by atoms with E-state index in [1.165, 1.54) is 13.3 Å². The first-order valence-corrected chi connectivity index (χ1v) is 11.5. The van der Waals surface area contributed by atoms with E-state index < -0.39 is 0 Å². The fourth-order valence-electron chi connectivity index (χ4n) is 4.78. The number of hydrogen-bond donors (Lipinski definition) is 2. The van der Waals surface area contributed by atoms with Gasteiger partial charge in [0, 0.05) is 43.6 Å². The monoisotopic (exact) mass is 457 g/mol. The van der Waals surface area contributed by atoms with Gasteiger partial charge in [0.2, 0.25) is 23.7 Å². The van der Waals surface area contributed by atoms with Gasteiger partial charge in [0.1, 0.15) is 6.33 Å². The number of piperidine rings is 1. The van der Waals surface area contributed by atoms with Crippen molar-refractivity contribution in [2.45, 2.75) is 26.2 Å². The van der Waals surface area contributed by atoms with Gasteiger partial charge in [0.25, 0.3) is 0 Å². The summed E-state index contributed by atoms with van der Waals surface area (Å²) in [7, 11) is 0. The normalized spacial score (nSPS) is 17.1. The highest BCUT2D eigenvalue weighted by molar-refractivity contribution is 6.00. The minimum absolute atomic E-state index is 0.130. The zero-order valence-corrected chi connectivity index (χ0v) is 19.1. The maximum absolute atomic E-state index is 13.3. The Morgan fingerprint density at radius 3 is 2.44 bits per heavy atom. The highest BCUT2D eigenvalue weighted by Gasteiger charge is 2.48. The maximum Gasteiger partial charge on any atom is 0.233 e. The maximum atomic E-state index is 13.3. The van der Waals surface area contributed by atoms with Crippen molar-refractivity contribution in [2.75, 3.05) is 40.1 Å². The summed E-state index contributed by atoms with van der Waals surface area (Å²) in [5.41, 5.74) is 2.13. The molecule has 0 bridgehead atoms. The number of benzene rings is 2. The molecule has 5 rings (SSSR count). The van der Waals surface area contributed by atoms with Crippen molar-refractivity contribution in [3.63, 3.8) is 0 Å². The SMILES string of the molecule is CC(=O)Nc1cccc(Nc2ncnc(N3CCC4(CC3)CCN(c3ccccc3)C4=O)n2)c1. The molecule has 1 spiro atoms. The highest BCUT2D eigenvalue weighted by Crippen LogP contribution is 2.43. The van der Waals surface area contributed by atoms with E-state index in [1.54, 1.807) is 0 Å². The number of anilines is 5. The first-order chi connectivity index (χ1) is 16.5. The Morgan fingerprint density at radius 1 is 0.941 bits per heavy atom. The third-order valence-electron chi connectivity index (χ3n) is 6.58. The molecule has 2 aliphatic heterocycles. The van der Waals surface area contributed by atoms with Crippen molar-refractivity contribution in [3.8, 4) is 0 Å². The van der Waals surface area contributed by atoms with Crippen LogP contribution in [0.4, 0.5) is 29.0 Å². The number of carbonyl (C=O) groups excluding carboxylic acids is 2. The van der Waals surface area contributed by atoms with Crippen molar-refractivity contribution < 1.29 is 9.59 Å². The number of nitrogens with zero attached hydrogens (tertiary/aromatic N) is 5. The van der Waals surface area contributed by atoms with Gasteiger partial charge in [-0.05, 0) is 49.6 Å². The third-order valence-corrected chi connectivity index (χ3v) is 6.58. The Labute approximate surface area is 198 Å². The Balaban J connectivity index is 1.24. The molecule has 34 heavy (non-hydrogen) atoms. The number of para-hydroxylation sites is 1. The number of amides is 2. The first-order valence-electron chi connectivity index (χ1n) is 11.5. The first kappa shape index (κ1) is 21.8. The zero-order chi connectivity index (χ0) is 23.5. The summed E-state index contributed by atoms with van der Waals surface area (Å²) in [4.78, 5) is 41.9. The van der Waals surface area contributed by atoms with E-state index in [-0.39, 0.29) is 17.2 Å². The van der Waals surface area contributed by atoms with Crippen LogP contribution in [0.25, 0.3) is 0 Å². The summed E-state index contributed by atoms with van der Waals surface area (Å²) in [6, 6.07) is 17.3. The van der Waals surface area contributed by atoms with E-state index in [0.29, 0.717) is 17.6 Å². The molecule has 2 aliphatic rings. The summed E-state index contributed by atoms with van der Waals surface area (Å²) in [5.74, 6) is 1.12. The van der Waals surface area contributed by atoms with Crippen molar-refractivity contribution >= 4 is 40.8 Å². The van der Waals surface area contributed by atoms with Crippen LogP contribution in [0.2, 0.25) is 0 Å². The van der Waals surface area contributed by atoms with Crippen molar-refractivity contribution in [1.29, 1.82) is 0 Å². The van der Waals surface area contributed by atoms with E-state index in [9.17, 15) is 9.59 Å². The second-order valence-corrected chi connectivity index (χ2v) is 8.81. The number of rotatable bonds is 5. The molecule has 0 aliphatic carbocycles. The molecule has 0 unspecified atom stereocenters. The molecular weight excluding hydrogens is 430 g/mol. The summed E-state index contributed by atoms with van der Waals surface area (Å²) < 4.78 is 0. The minimum atomic E-state index is -0.301. The minimum Gasteiger partial charge on any atom is -0.341 e. The van der Waals surface area contributed by atoms with E-state index in [1.807, 2.05) is 59.5 Å². The average molecular weight is 458 g/mol. The molecule has 2 N–H and O–H groups in total. The molecule has 3 aromatic rings. The Morgan fingerprint density at radius 2 is 1.68 bits per heavy atom. The van der Waals surface area contributed by atoms with Gasteiger partial charge < -0.3 is 20.4 Å². The fraction of sp³-hybridized carbons (Fsp3) is 0.320. The fourth-order valence-corrected chi connectivity index (χ4v) is 4.78. The zero-order valence-electron chi connectivity index (χ0n) is 19.1. The van der Waals surface area contributed by atoms with Crippen LogP contribution in [0.1, 0.15) is 26.2 Å². The molecule has 2 fully saturated rings. The van der Waals surface area contributed by atoms with Crippen LogP contribution in [0, 0.1) is 5.41 Å². The van der Waals surface area contributed by atoms with Gasteiger partial charge >= 0.3 is 0 Å². The van der Waals surface area contributed by atoms with Crippen molar-refractivity contribution in [2.24, 2.45) is 5.41 Å². The van der Waals surface area contributed by atoms with Crippen LogP contribution in [-0.2, 0) is 9.59 Å². The van der Waals surface area contributed by atoms with E-state index in [4.69, 9.17) is 0 Å². The van der Waals surface area contributed by atoms with Crippen molar-refractivity contribution in [1.82, 2.24) is 15.0 Å². The summed E-state index contributed by atoms with van der Waals surface area (Å²) in [6.07, 6.45) is 3.93. The second-order valence-electron chi connectivity index (χ2n) is 8.81. The largest absolute Gasteiger partial charge is 0.341 e. The van der Waals surface area contributed by atoms with Gasteiger partial charge in [0.15, 0.2) is 0 Å². The van der Waals surface area contributed by atoms with Crippen LogP contribution >= 0.6 is 0 Å². The summed E-state index contributed by atoms with van der Waals surface area (Å²) >= 11 is 0. The molecule has 3 heterocycles. The standard InChI is InChI=1S/C25H27N7O2/c1-18(33)28-19-6-5-7-20(16-19)29-23-26-17-27-24(30-23)31-13-10-25(11-14-31)12-15-32(22(25)34)21-8-3-2-4-9-21/h2-9,16-17H,10-15H2,1H3,(H,28,33)(H,26,27,29,30). The molecule has 9 nitrogen and oxygen atoms in total. The van der Waals surface area contributed by atoms with E-state index >= 15 is 0 Å². The third kappa shape index (κ3) is 4.41.